The van der Waals surface area contributed by atoms with E-state index in [0.717, 1.165) is 6.07 Å². The number of hydrogen-bond donors (Lipinski definition) is 2. The van der Waals surface area contributed by atoms with Gasteiger partial charge in [-0.05, 0) is 24.3 Å². The van der Waals surface area contributed by atoms with Gasteiger partial charge in [-0.1, -0.05) is 24.3 Å². The van der Waals surface area contributed by atoms with Gasteiger partial charge in [0.05, 0.1) is 16.8 Å². The zero-order chi connectivity index (χ0) is 17.7. The van der Waals surface area contributed by atoms with E-state index in [1.165, 1.54) is 42.5 Å². The maximum Gasteiger partial charge on any atom is 0.405 e. The molecule has 0 heterocycles. The third-order valence-electron chi connectivity index (χ3n) is 2.99. The van der Waals surface area contributed by atoms with Crippen molar-refractivity contribution in [2.75, 3.05) is 11.9 Å². The maximum absolute atomic E-state index is 13.6. The molecule has 0 bridgehead atoms. The number of rotatable bonds is 4. The summed E-state index contributed by atoms with van der Waals surface area (Å²) >= 11 is 0. The molecule has 8 heteroatoms. The lowest BCUT2D eigenvalue weighted by molar-refractivity contribution is -0.123. The second-order valence-corrected chi connectivity index (χ2v) is 4.78. The number of nitrogens with one attached hydrogen (secondary N) is 2. The molecule has 2 rings (SSSR count). The van der Waals surface area contributed by atoms with Gasteiger partial charge in [-0.15, -0.1) is 0 Å². The highest BCUT2D eigenvalue weighted by Crippen LogP contribution is 2.18. The molecule has 0 aromatic heterocycles. The molecular weight excluding hydrogens is 328 g/mol. The van der Waals surface area contributed by atoms with Crippen LogP contribution in [0.25, 0.3) is 0 Å². The number of amides is 2. The van der Waals surface area contributed by atoms with Crippen LogP contribution in [0.5, 0.6) is 0 Å². The first-order chi connectivity index (χ1) is 11.3. The van der Waals surface area contributed by atoms with E-state index in [1.807, 2.05) is 0 Å². The second kappa shape index (κ2) is 7.12. The van der Waals surface area contributed by atoms with Crippen molar-refractivity contribution in [3.63, 3.8) is 0 Å². The van der Waals surface area contributed by atoms with Crippen molar-refractivity contribution in [2.24, 2.45) is 0 Å². The summed E-state index contributed by atoms with van der Waals surface area (Å²) in [6.07, 6.45) is -4.55. The first kappa shape index (κ1) is 17.5. The average Bonchev–Trinajstić information content (AvgIpc) is 2.53. The molecule has 0 aliphatic carbocycles. The highest BCUT2D eigenvalue weighted by Gasteiger charge is 2.28. The first-order valence-corrected chi connectivity index (χ1v) is 6.78. The molecular formula is C16H12F4N2O2. The zero-order valence-electron chi connectivity index (χ0n) is 12.2. The molecule has 0 saturated heterocycles. The minimum atomic E-state index is -4.55. The van der Waals surface area contributed by atoms with E-state index in [1.54, 1.807) is 5.32 Å². The fourth-order valence-electron chi connectivity index (χ4n) is 1.90. The Morgan fingerprint density at radius 3 is 2.08 bits per heavy atom. The Labute approximate surface area is 134 Å². The van der Waals surface area contributed by atoms with Gasteiger partial charge in [0.15, 0.2) is 0 Å². The molecule has 0 spiro atoms. The lowest BCUT2D eigenvalue weighted by Crippen LogP contribution is -2.34. The summed E-state index contributed by atoms with van der Waals surface area (Å²) in [6.45, 7) is -1.50. The van der Waals surface area contributed by atoms with Gasteiger partial charge < -0.3 is 10.6 Å². The molecule has 2 amide bonds. The molecule has 2 N–H and O–H groups in total. The quantitative estimate of drug-likeness (QED) is 0.839. The van der Waals surface area contributed by atoms with Crippen LogP contribution in [0.3, 0.4) is 0 Å². The second-order valence-electron chi connectivity index (χ2n) is 4.78. The predicted octanol–water partition coefficient (Wildman–Crippen LogP) is 3.37. The van der Waals surface area contributed by atoms with Gasteiger partial charge in [-0.3, -0.25) is 9.59 Å². The molecule has 4 nitrogen and oxygen atoms in total. The fourth-order valence-corrected chi connectivity index (χ4v) is 1.90. The zero-order valence-corrected chi connectivity index (χ0v) is 12.2. The number of carbonyl (C=O) groups is 2. The summed E-state index contributed by atoms with van der Waals surface area (Å²) < 4.78 is 50.1. The monoisotopic (exact) mass is 340 g/mol. The van der Waals surface area contributed by atoms with Crippen molar-refractivity contribution in [1.29, 1.82) is 0 Å². The Hall–Kier alpha value is -2.90. The third-order valence-corrected chi connectivity index (χ3v) is 2.99. The smallest absolute Gasteiger partial charge is 0.343 e. The molecule has 126 valence electrons. The number of alkyl halides is 3. The number of benzene rings is 2. The van der Waals surface area contributed by atoms with Crippen LogP contribution >= 0.6 is 0 Å². The van der Waals surface area contributed by atoms with Gasteiger partial charge in [0.2, 0.25) is 0 Å². The Bertz CT molecular complexity index is 760. The minimum absolute atomic E-state index is 0.0228. The third kappa shape index (κ3) is 4.55. The van der Waals surface area contributed by atoms with Crippen LogP contribution in [0.1, 0.15) is 20.7 Å². The van der Waals surface area contributed by atoms with Crippen LogP contribution < -0.4 is 10.6 Å². The molecule has 2 aromatic carbocycles. The van der Waals surface area contributed by atoms with Crippen LogP contribution in [0, 0.1) is 5.82 Å². The summed E-state index contributed by atoms with van der Waals surface area (Å²) in [5, 5.41) is 4.04. The molecule has 0 radical (unpaired) electrons. The van der Waals surface area contributed by atoms with Crippen molar-refractivity contribution in [1.82, 2.24) is 5.32 Å². The number of para-hydroxylation sites is 1. The van der Waals surface area contributed by atoms with E-state index >= 15 is 0 Å². The molecule has 2 aromatic rings. The van der Waals surface area contributed by atoms with Gasteiger partial charge in [0, 0.05) is 0 Å². The molecule has 0 fully saturated rings. The SMILES string of the molecule is O=C(Nc1ccccc1C(=O)NCC(F)(F)F)c1ccccc1F. The van der Waals surface area contributed by atoms with E-state index in [9.17, 15) is 27.2 Å². The van der Waals surface area contributed by atoms with E-state index in [0.29, 0.717) is 0 Å². The van der Waals surface area contributed by atoms with Crippen molar-refractivity contribution in [3.05, 3.63) is 65.5 Å². The molecule has 0 aliphatic heterocycles. The van der Waals surface area contributed by atoms with Crippen molar-refractivity contribution in [2.45, 2.75) is 6.18 Å². The van der Waals surface area contributed by atoms with Crippen molar-refractivity contribution < 1.29 is 27.2 Å². The molecule has 0 atom stereocenters. The summed E-state index contributed by atoms with van der Waals surface area (Å²) in [6, 6.07) is 10.7. The van der Waals surface area contributed by atoms with Gasteiger partial charge in [0.1, 0.15) is 12.4 Å². The number of halogens is 4. The fraction of sp³-hybridized carbons (Fsp3) is 0.125. The van der Waals surface area contributed by atoms with Gasteiger partial charge in [-0.2, -0.15) is 13.2 Å². The summed E-state index contributed by atoms with van der Waals surface area (Å²) in [7, 11) is 0. The Morgan fingerprint density at radius 2 is 1.46 bits per heavy atom. The standard InChI is InChI=1S/C16H12F4N2O2/c17-12-7-3-1-5-10(12)15(24)22-13-8-4-2-6-11(13)14(23)21-9-16(18,19)20/h1-8H,9H2,(H,21,23)(H,22,24). The summed E-state index contributed by atoms with van der Waals surface area (Å²) in [4.78, 5) is 23.9. The van der Waals surface area contributed by atoms with Gasteiger partial charge in [0.25, 0.3) is 11.8 Å². The number of hydrogen-bond acceptors (Lipinski definition) is 2. The summed E-state index contributed by atoms with van der Waals surface area (Å²) in [5.41, 5.74) is -0.431. The van der Waals surface area contributed by atoms with Crippen LogP contribution in [-0.4, -0.2) is 24.5 Å². The highest BCUT2D eigenvalue weighted by molar-refractivity contribution is 6.09. The summed E-state index contributed by atoms with van der Waals surface area (Å²) in [5.74, 6) is -2.57. The normalized spacial score (nSPS) is 11.0. The van der Waals surface area contributed by atoms with Gasteiger partial charge in [-0.25, -0.2) is 4.39 Å². The van der Waals surface area contributed by atoms with Crippen LogP contribution in [0.15, 0.2) is 48.5 Å². The molecule has 0 saturated carbocycles. The molecule has 0 aliphatic rings. The van der Waals surface area contributed by atoms with E-state index in [-0.39, 0.29) is 16.8 Å². The van der Waals surface area contributed by atoms with E-state index in [2.05, 4.69) is 5.32 Å². The van der Waals surface area contributed by atoms with Crippen LogP contribution in [-0.2, 0) is 0 Å². The lowest BCUT2D eigenvalue weighted by Gasteiger charge is -2.12. The van der Waals surface area contributed by atoms with Gasteiger partial charge >= 0.3 is 6.18 Å². The Morgan fingerprint density at radius 1 is 0.875 bits per heavy atom. The Balaban J connectivity index is 2.18. The van der Waals surface area contributed by atoms with E-state index < -0.39 is 30.4 Å². The average molecular weight is 340 g/mol. The van der Waals surface area contributed by atoms with Crippen molar-refractivity contribution >= 4 is 17.5 Å². The van der Waals surface area contributed by atoms with E-state index in [4.69, 9.17) is 0 Å². The van der Waals surface area contributed by atoms with Crippen LogP contribution in [0.2, 0.25) is 0 Å². The first-order valence-electron chi connectivity index (χ1n) is 6.78. The maximum atomic E-state index is 13.6. The minimum Gasteiger partial charge on any atom is -0.343 e. The predicted molar refractivity (Wildman–Crippen MR) is 79.2 cm³/mol. The lowest BCUT2D eigenvalue weighted by atomic mass is 10.1. The number of anilines is 1. The molecule has 0 unspecified atom stereocenters. The highest BCUT2D eigenvalue weighted by atomic mass is 19.4. The molecule has 24 heavy (non-hydrogen) atoms. The van der Waals surface area contributed by atoms with Crippen molar-refractivity contribution in [3.8, 4) is 0 Å². The van der Waals surface area contributed by atoms with Crippen LogP contribution in [0.4, 0.5) is 23.2 Å². The number of carbonyl (C=O) groups excluding carboxylic acids is 2. The largest absolute Gasteiger partial charge is 0.405 e. The topological polar surface area (TPSA) is 58.2 Å². The Kier molecular flexibility index (Phi) is 5.18.